The molecule has 0 amide bonds. The van der Waals surface area contributed by atoms with Crippen LogP contribution in [0.15, 0.2) is 47.7 Å². The van der Waals surface area contributed by atoms with Crippen LogP contribution in [0.1, 0.15) is 16.3 Å². The molecule has 5 nitrogen and oxygen atoms in total. The molecule has 2 aromatic heterocycles. The van der Waals surface area contributed by atoms with Crippen molar-refractivity contribution < 1.29 is 0 Å². The summed E-state index contributed by atoms with van der Waals surface area (Å²) in [7, 11) is 1.79. The largest absolute Gasteiger partial charge is 0.356 e. The topological polar surface area (TPSA) is 54.2 Å². The van der Waals surface area contributed by atoms with Gasteiger partial charge in [-0.3, -0.25) is 4.99 Å². The number of nitrogens with one attached hydrogen (secondary N) is 2. The van der Waals surface area contributed by atoms with Crippen molar-refractivity contribution in [2.45, 2.75) is 26.4 Å². The third kappa shape index (κ3) is 5.43. The number of halogens is 1. The average Bonchev–Trinajstić information content (AvgIpc) is 3.20. The van der Waals surface area contributed by atoms with Crippen molar-refractivity contribution in [1.29, 1.82) is 0 Å². The number of aromatic nitrogens is 2. The molecule has 25 heavy (non-hydrogen) atoms. The Bertz CT molecular complexity index is 824. The molecule has 3 aromatic rings. The van der Waals surface area contributed by atoms with Crippen molar-refractivity contribution >= 4 is 52.2 Å². The summed E-state index contributed by atoms with van der Waals surface area (Å²) in [6, 6.07) is 10.6. The second-order valence-corrected chi connectivity index (χ2v) is 6.96. The lowest BCUT2D eigenvalue weighted by Gasteiger charge is -2.11. The summed E-state index contributed by atoms with van der Waals surface area (Å²) < 4.78 is 2.30. The zero-order chi connectivity index (χ0) is 16.8. The molecule has 2 N–H and O–H groups in total. The highest BCUT2D eigenvalue weighted by molar-refractivity contribution is 14.0. The van der Waals surface area contributed by atoms with Gasteiger partial charge >= 0.3 is 0 Å². The van der Waals surface area contributed by atoms with Crippen molar-refractivity contribution in [2.24, 2.45) is 4.99 Å². The van der Waals surface area contributed by atoms with E-state index in [0.29, 0.717) is 6.54 Å². The number of thiazole rings is 1. The van der Waals surface area contributed by atoms with Gasteiger partial charge in [0.25, 0.3) is 0 Å². The van der Waals surface area contributed by atoms with E-state index in [1.54, 1.807) is 18.4 Å². The first-order valence-corrected chi connectivity index (χ1v) is 8.97. The average molecular weight is 469 g/mol. The fourth-order valence-corrected chi connectivity index (χ4v) is 3.38. The monoisotopic (exact) mass is 469 g/mol. The minimum absolute atomic E-state index is 0. The molecule has 0 fully saturated rings. The number of hydrogen-bond acceptors (Lipinski definition) is 3. The van der Waals surface area contributed by atoms with Gasteiger partial charge in [-0.15, -0.1) is 35.3 Å². The molecule has 0 saturated carbocycles. The number of benzene rings is 1. The van der Waals surface area contributed by atoms with E-state index in [-0.39, 0.29) is 24.0 Å². The molecule has 0 aliphatic heterocycles. The van der Waals surface area contributed by atoms with Crippen molar-refractivity contribution in [3.8, 4) is 0 Å². The van der Waals surface area contributed by atoms with E-state index in [1.165, 1.54) is 15.8 Å². The number of hydrogen-bond donors (Lipinski definition) is 2. The van der Waals surface area contributed by atoms with Gasteiger partial charge in [0.05, 0.1) is 6.54 Å². The molecule has 0 aliphatic carbocycles. The van der Waals surface area contributed by atoms with Crippen LogP contribution < -0.4 is 10.6 Å². The van der Waals surface area contributed by atoms with E-state index in [1.807, 2.05) is 6.20 Å². The maximum absolute atomic E-state index is 4.35. The van der Waals surface area contributed by atoms with Crippen LogP contribution >= 0.6 is 35.3 Å². The van der Waals surface area contributed by atoms with Crippen LogP contribution in [-0.4, -0.2) is 29.1 Å². The Labute approximate surface area is 169 Å². The molecule has 0 unspecified atom stereocenters. The summed E-state index contributed by atoms with van der Waals surface area (Å²) in [5, 5.41) is 9.03. The summed E-state index contributed by atoms with van der Waals surface area (Å²) in [6.07, 6.45) is 5.09. The predicted molar refractivity (Wildman–Crippen MR) is 117 cm³/mol. The molecule has 0 radical (unpaired) electrons. The fourth-order valence-electron chi connectivity index (χ4n) is 2.65. The number of guanidine groups is 1. The first-order chi connectivity index (χ1) is 11.8. The number of nitrogens with zero attached hydrogens (tertiary/aromatic N) is 3. The molecule has 0 atom stereocenters. The smallest absolute Gasteiger partial charge is 0.191 e. The summed E-state index contributed by atoms with van der Waals surface area (Å²) in [4.78, 5) is 9.84. The van der Waals surface area contributed by atoms with Crippen molar-refractivity contribution in [2.75, 3.05) is 13.6 Å². The van der Waals surface area contributed by atoms with E-state index in [4.69, 9.17) is 0 Å². The predicted octanol–water partition coefficient (Wildman–Crippen LogP) is 3.78. The highest BCUT2D eigenvalue weighted by Gasteiger charge is 2.02. The van der Waals surface area contributed by atoms with Gasteiger partial charge in [0.1, 0.15) is 5.01 Å². The van der Waals surface area contributed by atoms with Crippen LogP contribution in [0.3, 0.4) is 0 Å². The fraction of sp³-hybridized carbons (Fsp3) is 0.333. The normalized spacial score (nSPS) is 11.4. The maximum Gasteiger partial charge on any atom is 0.191 e. The van der Waals surface area contributed by atoms with Gasteiger partial charge in [-0.25, -0.2) is 4.98 Å². The lowest BCUT2D eigenvalue weighted by molar-refractivity contribution is 0.640. The highest BCUT2D eigenvalue weighted by atomic mass is 127. The third-order valence-corrected chi connectivity index (χ3v) is 4.76. The summed E-state index contributed by atoms with van der Waals surface area (Å²) in [5.41, 5.74) is 1.29. The molecule has 1 aromatic carbocycles. The number of rotatable bonds is 6. The van der Waals surface area contributed by atoms with Gasteiger partial charge in [-0.2, -0.15) is 0 Å². The highest BCUT2D eigenvalue weighted by Crippen LogP contribution is 2.15. The quantitative estimate of drug-likeness (QED) is 0.250. The zero-order valence-electron chi connectivity index (χ0n) is 14.5. The molecular weight excluding hydrogens is 445 g/mol. The second kappa shape index (κ2) is 9.76. The number of para-hydroxylation sites is 1. The Hall–Kier alpha value is -1.61. The molecule has 0 spiro atoms. The van der Waals surface area contributed by atoms with Gasteiger partial charge in [0.15, 0.2) is 5.96 Å². The molecule has 0 aliphatic rings. The lowest BCUT2D eigenvalue weighted by Crippen LogP contribution is -2.37. The van der Waals surface area contributed by atoms with Gasteiger partial charge < -0.3 is 15.2 Å². The van der Waals surface area contributed by atoms with Crippen LogP contribution in [0.5, 0.6) is 0 Å². The number of aliphatic imine (C=N–C) groups is 1. The standard InChI is InChI=1S/C18H23N5S.HI/c1-14-12-21-17(24-14)13-22-18(19-2)20-9-5-10-23-11-8-15-6-3-4-7-16(15)23;/h3-4,6-8,11-12H,5,9-10,13H2,1-2H3,(H2,19,20,22);1H. The van der Waals surface area contributed by atoms with Crippen molar-refractivity contribution in [3.63, 3.8) is 0 Å². The summed E-state index contributed by atoms with van der Waals surface area (Å²) in [5.74, 6) is 0.820. The third-order valence-electron chi connectivity index (χ3n) is 3.85. The summed E-state index contributed by atoms with van der Waals surface area (Å²) in [6.45, 7) is 4.64. The molecular formula is C18H24IN5S. The van der Waals surface area contributed by atoms with Crippen LogP contribution in [-0.2, 0) is 13.1 Å². The molecule has 3 rings (SSSR count). The summed E-state index contributed by atoms with van der Waals surface area (Å²) >= 11 is 1.71. The van der Waals surface area contributed by atoms with Crippen LogP contribution in [0.25, 0.3) is 10.9 Å². The first kappa shape index (κ1) is 19.7. The van der Waals surface area contributed by atoms with Crippen molar-refractivity contribution in [1.82, 2.24) is 20.2 Å². The Kier molecular flexibility index (Phi) is 7.70. The Balaban J connectivity index is 0.00000225. The van der Waals surface area contributed by atoms with E-state index in [2.05, 4.69) is 68.6 Å². The number of fused-ring (bicyclic) bond motifs is 1. The number of aryl methyl sites for hydroxylation is 2. The minimum Gasteiger partial charge on any atom is -0.356 e. The lowest BCUT2D eigenvalue weighted by atomic mass is 10.2. The van der Waals surface area contributed by atoms with Gasteiger partial charge in [0.2, 0.25) is 0 Å². The molecule has 0 bridgehead atoms. The van der Waals surface area contributed by atoms with Gasteiger partial charge in [0, 0.05) is 42.9 Å². The second-order valence-electron chi connectivity index (χ2n) is 5.64. The van der Waals surface area contributed by atoms with Gasteiger partial charge in [-0.05, 0) is 30.9 Å². The molecule has 134 valence electrons. The van der Waals surface area contributed by atoms with Gasteiger partial charge in [-0.1, -0.05) is 18.2 Å². The van der Waals surface area contributed by atoms with E-state index >= 15 is 0 Å². The maximum atomic E-state index is 4.35. The van der Waals surface area contributed by atoms with E-state index in [0.717, 1.165) is 30.5 Å². The van der Waals surface area contributed by atoms with E-state index in [9.17, 15) is 0 Å². The van der Waals surface area contributed by atoms with E-state index < -0.39 is 0 Å². The van der Waals surface area contributed by atoms with Crippen LogP contribution in [0.2, 0.25) is 0 Å². The molecule has 2 heterocycles. The molecule has 0 saturated heterocycles. The minimum atomic E-state index is 0. The Morgan fingerprint density at radius 2 is 2.08 bits per heavy atom. The van der Waals surface area contributed by atoms with Crippen molar-refractivity contribution in [3.05, 3.63) is 52.6 Å². The molecule has 7 heteroatoms. The SMILES string of the molecule is CN=C(NCCCn1ccc2ccccc21)NCc1ncc(C)s1.I. The first-order valence-electron chi connectivity index (χ1n) is 8.16. The Morgan fingerprint density at radius 3 is 2.84 bits per heavy atom. The van der Waals surface area contributed by atoms with Crippen LogP contribution in [0, 0.1) is 6.92 Å². The zero-order valence-corrected chi connectivity index (χ0v) is 17.7. The van der Waals surface area contributed by atoms with Crippen LogP contribution in [0.4, 0.5) is 0 Å². The Morgan fingerprint density at radius 1 is 1.24 bits per heavy atom.